The fourth-order valence-corrected chi connectivity index (χ4v) is 4.39. The van der Waals surface area contributed by atoms with Crippen molar-refractivity contribution in [3.05, 3.63) is 78.0 Å². The molecule has 2 N–H and O–H groups in total. The molecule has 2 heterocycles. The molecule has 1 fully saturated rings. The van der Waals surface area contributed by atoms with Gasteiger partial charge in [0.15, 0.2) is 0 Å². The molecule has 2 unspecified atom stereocenters. The fraction of sp³-hybridized carbons (Fsp3) is 0.200. The van der Waals surface area contributed by atoms with Crippen molar-refractivity contribution in [2.24, 2.45) is 11.8 Å². The molecular formula is C25H22N4O3. The molecule has 7 nitrogen and oxygen atoms in total. The van der Waals surface area contributed by atoms with E-state index < -0.39 is 0 Å². The van der Waals surface area contributed by atoms with Crippen LogP contribution >= 0.6 is 0 Å². The van der Waals surface area contributed by atoms with Gasteiger partial charge in [-0.25, -0.2) is 5.01 Å². The normalized spacial score (nSPS) is 20.1. The van der Waals surface area contributed by atoms with Crippen molar-refractivity contribution in [1.82, 2.24) is 10.4 Å². The minimum atomic E-state index is -0.377. The van der Waals surface area contributed by atoms with Crippen LogP contribution in [-0.4, -0.2) is 22.7 Å². The third-order valence-corrected chi connectivity index (χ3v) is 6.11. The molecule has 0 saturated carbocycles. The first-order valence-electron chi connectivity index (χ1n) is 10.6. The smallest absolute Gasteiger partial charge is 0.255 e. The van der Waals surface area contributed by atoms with Crippen LogP contribution in [0.5, 0.6) is 0 Å². The number of hydrogen-bond acceptors (Lipinski definition) is 4. The van der Waals surface area contributed by atoms with Crippen molar-refractivity contribution in [1.29, 1.82) is 0 Å². The topological polar surface area (TPSA) is 91.4 Å². The summed E-state index contributed by atoms with van der Waals surface area (Å²) in [4.78, 5) is 43.0. The van der Waals surface area contributed by atoms with Gasteiger partial charge in [0, 0.05) is 17.1 Å². The molecule has 2 atom stereocenters. The highest BCUT2D eigenvalue weighted by molar-refractivity contribution is 6.10. The minimum absolute atomic E-state index is 0.160. The number of nitrogens with one attached hydrogen (secondary N) is 2. The quantitative estimate of drug-likeness (QED) is 0.624. The number of aromatic nitrogens is 1. The second-order valence-electron chi connectivity index (χ2n) is 8.14. The minimum Gasteiger partial charge on any atom is -0.321 e. The number of pyridine rings is 1. The molecule has 160 valence electrons. The van der Waals surface area contributed by atoms with E-state index in [1.165, 1.54) is 5.01 Å². The van der Waals surface area contributed by atoms with E-state index in [-0.39, 0.29) is 29.6 Å². The molecule has 1 aliphatic heterocycles. The Morgan fingerprint density at radius 1 is 1.06 bits per heavy atom. The van der Waals surface area contributed by atoms with E-state index in [0.717, 1.165) is 16.5 Å². The molecule has 0 bridgehead atoms. The van der Waals surface area contributed by atoms with Crippen molar-refractivity contribution in [3.8, 4) is 0 Å². The van der Waals surface area contributed by atoms with Gasteiger partial charge in [0.1, 0.15) is 0 Å². The van der Waals surface area contributed by atoms with Crippen LogP contribution in [0.3, 0.4) is 0 Å². The molecule has 2 aliphatic rings. The maximum atomic E-state index is 13.0. The van der Waals surface area contributed by atoms with E-state index in [1.807, 2.05) is 43.3 Å². The molecule has 2 aromatic carbocycles. The molecule has 1 saturated heterocycles. The Morgan fingerprint density at radius 3 is 2.72 bits per heavy atom. The Morgan fingerprint density at radius 2 is 1.88 bits per heavy atom. The Bertz CT molecular complexity index is 1280. The van der Waals surface area contributed by atoms with Gasteiger partial charge in [0.05, 0.1) is 28.7 Å². The van der Waals surface area contributed by atoms with Crippen molar-refractivity contribution in [2.75, 3.05) is 10.3 Å². The summed E-state index contributed by atoms with van der Waals surface area (Å²) in [6, 6.07) is 14.2. The molecule has 3 aromatic rings. The van der Waals surface area contributed by atoms with Crippen LogP contribution in [0.15, 0.2) is 66.9 Å². The van der Waals surface area contributed by atoms with Gasteiger partial charge in [0.25, 0.3) is 5.91 Å². The molecule has 1 aliphatic carbocycles. The van der Waals surface area contributed by atoms with E-state index in [1.54, 1.807) is 30.5 Å². The number of aryl methyl sites for hydroxylation is 1. The van der Waals surface area contributed by atoms with E-state index in [9.17, 15) is 14.4 Å². The Labute approximate surface area is 185 Å². The first-order chi connectivity index (χ1) is 15.5. The number of amides is 3. The van der Waals surface area contributed by atoms with E-state index >= 15 is 0 Å². The number of hydrazine groups is 1. The lowest BCUT2D eigenvalue weighted by atomic mass is 9.80. The van der Waals surface area contributed by atoms with Crippen LogP contribution in [0.25, 0.3) is 10.9 Å². The van der Waals surface area contributed by atoms with Crippen LogP contribution in [0, 0.1) is 18.8 Å². The van der Waals surface area contributed by atoms with Crippen LogP contribution < -0.4 is 15.8 Å². The van der Waals surface area contributed by atoms with E-state index in [4.69, 9.17) is 0 Å². The van der Waals surface area contributed by atoms with Gasteiger partial charge in [-0.3, -0.25) is 24.8 Å². The van der Waals surface area contributed by atoms with Gasteiger partial charge in [-0.05, 0) is 61.7 Å². The van der Waals surface area contributed by atoms with Gasteiger partial charge < -0.3 is 5.32 Å². The lowest BCUT2D eigenvalue weighted by Crippen LogP contribution is -2.59. The maximum absolute atomic E-state index is 13.0. The van der Waals surface area contributed by atoms with Crippen molar-refractivity contribution >= 4 is 40.0 Å². The first-order valence-corrected chi connectivity index (χ1v) is 10.6. The predicted molar refractivity (Wildman–Crippen MR) is 122 cm³/mol. The van der Waals surface area contributed by atoms with Gasteiger partial charge in [-0.15, -0.1) is 0 Å². The van der Waals surface area contributed by atoms with Crippen LogP contribution in [-0.2, 0) is 9.59 Å². The third kappa shape index (κ3) is 3.41. The maximum Gasteiger partial charge on any atom is 0.255 e. The molecule has 7 heteroatoms. The number of fused-ring (bicyclic) bond motifs is 2. The number of nitrogens with zero attached hydrogens (tertiary/aromatic N) is 2. The molecule has 3 amide bonds. The number of benzene rings is 2. The average molecular weight is 426 g/mol. The van der Waals surface area contributed by atoms with Crippen molar-refractivity contribution < 1.29 is 14.4 Å². The highest BCUT2D eigenvalue weighted by Crippen LogP contribution is 2.32. The summed E-state index contributed by atoms with van der Waals surface area (Å²) in [6.45, 7) is 1.97. The fourth-order valence-electron chi connectivity index (χ4n) is 4.39. The summed E-state index contributed by atoms with van der Waals surface area (Å²) in [5, 5.41) is 5.07. The SMILES string of the molecule is Cc1ccc(NC(=O)c2cccc(N3NC(=O)C4CC=CCC4C3=O)c2)c2cccnc12. The highest BCUT2D eigenvalue weighted by atomic mass is 16.2. The van der Waals surface area contributed by atoms with Crippen LogP contribution in [0.4, 0.5) is 11.4 Å². The zero-order valence-electron chi connectivity index (χ0n) is 17.5. The Hall–Kier alpha value is -4.00. The third-order valence-electron chi connectivity index (χ3n) is 6.11. The molecule has 5 rings (SSSR count). The zero-order chi connectivity index (χ0) is 22.2. The van der Waals surface area contributed by atoms with Crippen LogP contribution in [0.2, 0.25) is 0 Å². The number of allylic oxidation sites excluding steroid dienone is 2. The van der Waals surface area contributed by atoms with E-state index in [2.05, 4.69) is 15.7 Å². The van der Waals surface area contributed by atoms with E-state index in [0.29, 0.717) is 29.8 Å². The monoisotopic (exact) mass is 426 g/mol. The number of rotatable bonds is 3. The average Bonchev–Trinajstić information content (AvgIpc) is 2.83. The first kappa shape index (κ1) is 19.9. The van der Waals surface area contributed by atoms with Crippen molar-refractivity contribution in [2.45, 2.75) is 19.8 Å². The summed E-state index contributed by atoms with van der Waals surface area (Å²) in [5.74, 6) is -1.36. The lowest BCUT2D eigenvalue weighted by molar-refractivity contribution is -0.139. The summed E-state index contributed by atoms with van der Waals surface area (Å²) in [7, 11) is 0. The second-order valence-corrected chi connectivity index (χ2v) is 8.14. The highest BCUT2D eigenvalue weighted by Gasteiger charge is 2.42. The summed E-state index contributed by atoms with van der Waals surface area (Å²) < 4.78 is 0. The summed E-state index contributed by atoms with van der Waals surface area (Å²) in [5.41, 5.74) is 6.05. The largest absolute Gasteiger partial charge is 0.321 e. The molecule has 0 spiro atoms. The van der Waals surface area contributed by atoms with Gasteiger partial charge in [0.2, 0.25) is 11.8 Å². The van der Waals surface area contributed by atoms with Gasteiger partial charge in [-0.1, -0.05) is 24.3 Å². The molecule has 1 aromatic heterocycles. The number of anilines is 2. The number of carbonyl (C=O) groups is 3. The standard InChI is InChI=1S/C25H22N4O3/c1-15-11-12-21(20-10-5-13-26-22(15)20)27-23(30)16-6-4-7-17(14-16)29-25(32)19-9-3-2-8-18(19)24(31)28-29/h2-7,10-14,18-19H,8-9H2,1H3,(H,27,30)(H,28,31). The number of carbonyl (C=O) groups excluding carboxylic acids is 3. The summed E-state index contributed by atoms with van der Waals surface area (Å²) in [6.07, 6.45) is 6.72. The second kappa shape index (κ2) is 7.92. The molecular weight excluding hydrogens is 404 g/mol. The summed E-state index contributed by atoms with van der Waals surface area (Å²) >= 11 is 0. The van der Waals surface area contributed by atoms with Gasteiger partial charge in [-0.2, -0.15) is 0 Å². The Kier molecular flexibility index (Phi) is 4.93. The molecule has 32 heavy (non-hydrogen) atoms. The zero-order valence-corrected chi connectivity index (χ0v) is 17.5. The van der Waals surface area contributed by atoms with Gasteiger partial charge >= 0.3 is 0 Å². The number of hydrogen-bond donors (Lipinski definition) is 2. The van der Waals surface area contributed by atoms with Crippen molar-refractivity contribution in [3.63, 3.8) is 0 Å². The van der Waals surface area contributed by atoms with Crippen LogP contribution in [0.1, 0.15) is 28.8 Å². The predicted octanol–water partition coefficient (Wildman–Crippen LogP) is 3.76. The Balaban J connectivity index is 1.42. The lowest BCUT2D eigenvalue weighted by Gasteiger charge is -2.38. The molecule has 0 radical (unpaired) electrons.